The van der Waals surface area contributed by atoms with Gasteiger partial charge >= 0.3 is 0 Å². The molecule has 0 aliphatic carbocycles. The highest BCUT2D eigenvalue weighted by Gasteiger charge is 2.29. The van der Waals surface area contributed by atoms with Gasteiger partial charge in [0.25, 0.3) is 0 Å². The van der Waals surface area contributed by atoms with Gasteiger partial charge in [-0.2, -0.15) is 16.6 Å². The Morgan fingerprint density at radius 1 is 1.53 bits per heavy atom. The van der Waals surface area contributed by atoms with Crippen molar-refractivity contribution in [1.29, 1.82) is 5.26 Å². The molecule has 1 aromatic rings. The number of likely N-dealkylation sites (tertiary alicyclic amines) is 1. The zero-order chi connectivity index (χ0) is 10.7. The fourth-order valence-electron chi connectivity index (χ4n) is 1.96. The molecule has 2 heterocycles. The van der Waals surface area contributed by atoms with E-state index < -0.39 is 0 Å². The normalized spacial score (nSPS) is 21.1. The fraction of sp³-hybridized carbons (Fsp3) is 0.583. The van der Waals surface area contributed by atoms with Crippen molar-refractivity contribution in [3.63, 3.8) is 0 Å². The standard InChI is InChI=1S/C12H16N2S/c1-12(10-13)3-5-14(6-4-12)8-11-2-7-15-9-11/h2,7,9H,3-6,8H2,1H3. The maximum atomic E-state index is 9.03. The lowest BCUT2D eigenvalue weighted by Crippen LogP contribution is -2.37. The van der Waals surface area contributed by atoms with Gasteiger partial charge in [0.2, 0.25) is 0 Å². The molecule has 2 nitrogen and oxygen atoms in total. The van der Waals surface area contributed by atoms with Crippen LogP contribution in [0.3, 0.4) is 0 Å². The summed E-state index contributed by atoms with van der Waals surface area (Å²) < 4.78 is 0. The molecule has 0 unspecified atom stereocenters. The van der Waals surface area contributed by atoms with Gasteiger partial charge in [-0.25, -0.2) is 0 Å². The number of rotatable bonds is 2. The van der Waals surface area contributed by atoms with Gasteiger partial charge in [0.05, 0.1) is 11.5 Å². The molecule has 0 atom stereocenters. The molecule has 80 valence electrons. The molecule has 0 bridgehead atoms. The van der Waals surface area contributed by atoms with Gasteiger partial charge in [-0.15, -0.1) is 0 Å². The number of piperidine rings is 1. The van der Waals surface area contributed by atoms with E-state index in [4.69, 9.17) is 5.26 Å². The lowest BCUT2D eigenvalue weighted by molar-refractivity contribution is 0.150. The molecule has 15 heavy (non-hydrogen) atoms. The first-order chi connectivity index (χ1) is 7.22. The molecular formula is C12H16N2S. The minimum atomic E-state index is -0.0782. The average Bonchev–Trinajstić information content (AvgIpc) is 2.75. The highest BCUT2D eigenvalue weighted by Crippen LogP contribution is 2.30. The zero-order valence-corrected chi connectivity index (χ0v) is 9.89. The molecule has 1 saturated heterocycles. The molecule has 2 rings (SSSR count). The van der Waals surface area contributed by atoms with E-state index in [0.29, 0.717) is 0 Å². The monoisotopic (exact) mass is 220 g/mol. The second-order valence-electron chi connectivity index (χ2n) is 4.58. The SMILES string of the molecule is CC1(C#N)CCN(Cc2ccsc2)CC1. The molecule has 0 amide bonds. The molecule has 1 fully saturated rings. The zero-order valence-electron chi connectivity index (χ0n) is 9.07. The van der Waals surface area contributed by atoms with Crippen molar-refractivity contribution in [1.82, 2.24) is 4.90 Å². The van der Waals surface area contributed by atoms with Crippen LogP contribution in [0.15, 0.2) is 16.8 Å². The van der Waals surface area contributed by atoms with Gasteiger partial charge in [-0.1, -0.05) is 0 Å². The summed E-state index contributed by atoms with van der Waals surface area (Å²) in [6.07, 6.45) is 2.02. The number of nitrogens with zero attached hydrogens (tertiary/aromatic N) is 2. The van der Waals surface area contributed by atoms with E-state index in [2.05, 4.69) is 34.7 Å². The Balaban J connectivity index is 1.87. The fourth-order valence-corrected chi connectivity index (χ4v) is 2.62. The Kier molecular flexibility index (Phi) is 3.08. The summed E-state index contributed by atoms with van der Waals surface area (Å²) >= 11 is 1.75. The first kappa shape index (κ1) is 10.7. The van der Waals surface area contributed by atoms with Crippen molar-refractivity contribution in [2.45, 2.75) is 26.3 Å². The van der Waals surface area contributed by atoms with Crippen LogP contribution in [0, 0.1) is 16.7 Å². The Bertz CT molecular complexity index is 342. The molecule has 1 aliphatic heterocycles. The minimum absolute atomic E-state index is 0.0782. The van der Waals surface area contributed by atoms with Crippen molar-refractivity contribution in [2.24, 2.45) is 5.41 Å². The molecule has 0 N–H and O–H groups in total. The van der Waals surface area contributed by atoms with Crippen molar-refractivity contribution in [3.05, 3.63) is 22.4 Å². The average molecular weight is 220 g/mol. The predicted molar refractivity (Wildman–Crippen MR) is 62.6 cm³/mol. The lowest BCUT2D eigenvalue weighted by atomic mass is 9.82. The van der Waals surface area contributed by atoms with E-state index in [1.165, 1.54) is 5.56 Å². The van der Waals surface area contributed by atoms with Gasteiger partial charge in [0.15, 0.2) is 0 Å². The third-order valence-corrected chi connectivity index (χ3v) is 3.95. The molecule has 1 aromatic heterocycles. The third-order valence-electron chi connectivity index (χ3n) is 3.22. The van der Waals surface area contributed by atoms with E-state index in [-0.39, 0.29) is 5.41 Å². The number of nitriles is 1. The van der Waals surface area contributed by atoms with E-state index in [1.807, 2.05) is 0 Å². The molecule has 1 aliphatic rings. The molecule has 3 heteroatoms. The maximum absolute atomic E-state index is 9.03. The summed E-state index contributed by atoms with van der Waals surface area (Å²) in [6, 6.07) is 4.62. The number of hydrogen-bond acceptors (Lipinski definition) is 3. The van der Waals surface area contributed by atoms with Crippen LogP contribution >= 0.6 is 11.3 Å². The number of hydrogen-bond donors (Lipinski definition) is 0. The topological polar surface area (TPSA) is 27.0 Å². The van der Waals surface area contributed by atoms with Gasteiger partial charge in [0, 0.05) is 6.54 Å². The smallest absolute Gasteiger partial charge is 0.0687 e. The first-order valence-corrected chi connectivity index (χ1v) is 6.31. The van der Waals surface area contributed by atoms with Crippen molar-refractivity contribution >= 4 is 11.3 Å². The van der Waals surface area contributed by atoms with Crippen molar-refractivity contribution in [3.8, 4) is 6.07 Å². The second kappa shape index (κ2) is 4.34. The van der Waals surface area contributed by atoms with Crippen LogP contribution in [-0.2, 0) is 6.54 Å². The van der Waals surface area contributed by atoms with Crippen LogP contribution < -0.4 is 0 Å². The quantitative estimate of drug-likeness (QED) is 0.766. The molecule has 0 spiro atoms. The third kappa shape index (κ3) is 2.58. The van der Waals surface area contributed by atoms with Gasteiger partial charge in [-0.3, -0.25) is 4.90 Å². The summed E-state index contributed by atoms with van der Waals surface area (Å²) in [5, 5.41) is 13.4. The van der Waals surface area contributed by atoms with Crippen LogP contribution in [0.4, 0.5) is 0 Å². The van der Waals surface area contributed by atoms with Crippen molar-refractivity contribution < 1.29 is 0 Å². The Morgan fingerprint density at radius 2 is 2.27 bits per heavy atom. The minimum Gasteiger partial charge on any atom is -0.299 e. The Morgan fingerprint density at radius 3 is 2.80 bits per heavy atom. The van der Waals surface area contributed by atoms with Crippen LogP contribution in [0.25, 0.3) is 0 Å². The molecular weight excluding hydrogens is 204 g/mol. The summed E-state index contributed by atoms with van der Waals surface area (Å²) in [5.41, 5.74) is 1.33. The molecule has 0 saturated carbocycles. The summed E-state index contributed by atoms with van der Waals surface area (Å²) in [6.45, 7) is 5.24. The van der Waals surface area contributed by atoms with E-state index in [1.54, 1.807) is 11.3 Å². The van der Waals surface area contributed by atoms with Gasteiger partial charge in [0.1, 0.15) is 0 Å². The largest absolute Gasteiger partial charge is 0.299 e. The number of thiophene rings is 1. The first-order valence-electron chi connectivity index (χ1n) is 5.37. The van der Waals surface area contributed by atoms with Crippen LogP contribution in [-0.4, -0.2) is 18.0 Å². The van der Waals surface area contributed by atoms with Gasteiger partial charge in [-0.05, 0) is 55.2 Å². The Labute approximate surface area is 95.1 Å². The highest BCUT2D eigenvalue weighted by molar-refractivity contribution is 7.07. The van der Waals surface area contributed by atoms with Crippen LogP contribution in [0.1, 0.15) is 25.3 Å². The van der Waals surface area contributed by atoms with E-state index in [9.17, 15) is 0 Å². The van der Waals surface area contributed by atoms with E-state index >= 15 is 0 Å². The predicted octanol–water partition coefficient (Wildman–Crippen LogP) is 2.87. The highest BCUT2D eigenvalue weighted by atomic mass is 32.1. The Hall–Kier alpha value is -0.850. The second-order valence-corrected chi connectivity index (χ2v) is 5.36. The lowest BCUT2D eigenvalue weighted by Gasteiger charge is -2.34. The molecule has 0 radical (unpaired) electrons. The van der Waals surface area contributed by atoms with Gasteiger partial charge < -0.3 is 0 Å². The maximum Gasteiger partial charge on any atom is 0.0687 e. The van der Waals surface area contributed by atoms with Crippen LogP contribution in [0.2, 0.25) is 0 Å². The summed E-state index contributed by atoms with van der Waals surface area (Å²) in [7, 11) is 0. The van der Waals surface area contributed by atoms with E-state index in [0.717, 1.165) is 32.5 Å². The molecule has 0 aromatic carbocycles. The summed E-state index contributed by atoms with van der Waals surface area (Å²) in [5.74, 6) is 0. The van der Waals surface area contributed by atoms with Crippen LogP contribution in [0.5, 0.6) is 0 Å². The summed E-state index contributed by atoms with van der Waals surface area (Å²) in [4.78, 5) is 2.45. The van der Waals surface area contributed by atoms with Crippen molar-refractivity contribution in [2.75, 3.05) is 13.1 Å².